The van der Waals surface area contributed by atoms with Gasteiger partial charge in [0.05, 0.1) is 23.0 Å². The highest BCUT2D eigenvalue weighted by Crippen LogP contribution is 2.42. The number of non-ortho nitro benzene ring substituents is 1. The molecule has 1 aliphatic heterocycles. The van der Waals surface area contributed by atoms with Crippen molar-refractivity contribution in [2.24, 2.45) is 0 Å². The molecule has 35 heavy (non-hydrogen) atoms. The Morgan fingerprint density at radius 3 is 2.66 bits per heavy atom. The summed E-state index contributed by atoms with van der Waals surface area (Å²) >= 11 is 1.00. The number of furan rings is 1. The summed E-state index contributed by atoms with van der Waals surface area (Å²) in [5, 5.41) is 22.8. The van der Waals surface area contributed by atoms with E-state index in [9.17, 15) is 29.4 Å². The number of halogens is 1. The second kappa shape index (κ2) is 10.2. The van der Waals surface area contributed by atoms with Crippen LogP contribution in [0.25, 0.3) is 0 Å². The van der Waals surface area contributed by atoms with Crippen molar-refractivity contribution < 1.29 is 23.3 Å². The first-order chi connectivity index (χ1) is 16.9. The molecule has 2 aromatic carbocycles. The van der Waals surface area contributed by atoms with E-state index >= 15 is 0 Å². The molecule has 176 valence electrons. The number of carbonyl (C=O) groups is 2. The normalized spacial score (nSPS) is 16.6. The van der Waals surface area contributed by atoms with E-state index < -0.39 is 27.8 Å². The molecule has 1 aromatic heterocycles. The second-order valence-corrected chi connectivity index (χ2v) is 8.63. The van der Waals surface area contributed by atoms with Crippen molar-refractivity contribution in [2.75, 3.05) is 4.90 Å². The zero-order valence-electron chi connectivity index (χ0n) is 18.0. The van der Waals surface area contributed by atoms with E-state index in [1.54, 1.807) is 18.2 Å². The molecule has 0 aliphatic carbocycles. The molecule has 2 heterocycles. The van der Waals surface area contributed by atoms with Gasteiger partial charge in [0.25, 0.3) is 11.6 Å². The van der Waals surface area contributed by atoms with Gasteiger partial charge in [0.1, 0.15) is 28.2 Å². The van der Waals surface area contributed by atoms with Crippen LogP contribution >= 0.6 is 11.8 Å². The highest BCUT2D eigenvalue weighted by atomic mass is 32.2. The van der Waals surface area contributed by atoms with E-state index in [1.165, 1.54) is 53.6 Å². The van der Waals surface area contributed by atoms with Gasteiger partial charge in [0.2, 0.25) is 5.91 Å². The van der Waals surface area contributed by atoms with Gasteiger partial charge in [-0.25, -0.2) is 4.39 Å². The molecule has 2 amide bonds. The molecular weight excluding hydrogens is 475 g/mol. The van der Waals surface area contributed by atoms with Gasteiger partial charge in [-0.2, -0.15) is 5.26 Å². The molecule has 1 fully saturated rings. The maximum absolute atomic E-state index is 13.5. The zero-order chi connectivity index (χ0) is 24.9. The average molecular weight is 492 g/mol. The molecule has 0 bridgehead atoms. The van der Waals surface area contributed by atoms with Crippen molar-refractivity contribution >= 4 is 35.0 Å². The number of nitriles is 1. The fourth-order valence-corrected chi connectivity index (χ4v) is 4.80. The lowest BCUT2D eigenvalue weighted by atomic mass is 10.1. The Labute approximate surface area is 203 Å². The van der Waals surface area contributed by atoms with Gasteiger partial charge >= 0.3 is 0 Å². The van der Waals surface area contributed by atoms with E-state index in [0.717, 1.165) is 11.8 Å². The molecule has 0 unspecified atom stereocenters. The van der Waals surface area contributed by atoms with Gasteiger partial charge in [-0.3, -0.25) is 24.6 Å². The van der Waals surface area contributed by atoms with E-state index in [2.05, 4.69) is 5.32 Å². The summed E-state index contributed by atoms with van der Waals surface area (Å²) in [6.07, 6.45) is 1.57. The van der Waals surface area contributed by atoms with Gasteiger partial charge in [-0.05, 0) is 48.4 Å². The minimum absolute atomic E-state index is 0.0383. The van der Waals surface area contributed by atoms with Crippen LogP contribution in [0.15, 0.2) is 81.9 Å². The third-order valence-corrected chi connectivity index (χ3v) is 6.40. The van der Waals surface area contributed by atoms with Crippen LogP contribution in [-0.2, 0) is 22.6 Å². The van der Waals surface area contributed by atoms with E-state index in [0.29, 0.717) is 11.3 Å². The zero-order valence-corrected chi connectivity index (χ0v) is 18.8. The molecule has 0 spiro atoms. The van der Waals surface area contributed by atoms with E-state index in [1.807, 2.05) is 6.07 Å². The summed E-state index contributed by atoms with van der Waals surface area (Å²) in [6.45, 7) is 0.0383. The first kappa shape index (κ1) is 23.7. The van der Waals surface area contributed by atoms with Crippen LogP contribution in [0.2, 0.25) is 0 Å². The SMILES string of the molecule is N#C/C(C(=O)NCc1ccco1)=C1/S[C@H](Cc2cccc([N+](=O)[O-])c2)C(=O)N1c1ccc(F)cc1. The van der Waals surface area contributed by atoms with Crippen LogP contribution in [0, 0.1) is 27.3 Å². The summed E-state index contributed by atoms with van der Waals surface area (Å²) in [5.74, 6) is -1.17. The minimum Gasteiger partial charge on any atom is -0.467 e. The Balaban J connectivity index is 1.68. The summed E-state index contributed by atoms with van der Waals surface area (Å²) in [7, 11) is 0. The van der Waals surface area contributed by atoms with Crippen LogP contribution in [-0.4, -0.2) is 22.0 Å². The van der Waals surface area contributed by atoms with Crippen LogP contribution in [0.1, 0.15) is 11.3 Å². The number of rotatable bonds is 7. The molecule has 0 radical (unpaired) electrons. The fraction of sp³-hybridized carbons (Fsp3) is 0.125. The number of amides is 2. The van der Waals surface area contributed by atoms with Gasteiger partial charge < -0.3 is 9.73 Å². The maximum Gasteiger partial charge on any atom is 0.269 e. The largest absolute Gasteiger partial charge is 0.467 e. The smallest absolute Gasteiger partial charge is 0.269 e. The Kier molecular flexibility index (Phi) is 6.93. The Bertz CT molecular complexity index is 1350. The van der Waals surface area contributed by atoms with E-state index in [-0.39, 0.29) is 34.9 Å². The van der Waals surface area contributed by atoms with Gasteiger partial charge in [-0.1, -0.05) is 23.9 Å². The Hall–Kier alpha value is -4.43. The highest BCUT2D eigenvalue weighted by Gasteiger charge is 2.41. The number of hydrogen-bond acceptors (Lipinski definition) is 7. The fourth-order valence-electron chi connectivity index (χ4n) is 3.49. The second-order valence-electron chi connectivity index (χ2n) is 7.44. The summed E-state index contributed by atoms with van der Waals surface area (Å²) in [6, 6.07) is 16.2. The number of thioether (sulfide) groups is 1. The number of carbonyl (C=O) groups excluding carboxylic acids is 2. The standard InChI is InChI=1S/C24H17FN4O5S/c25-16-6-8-17(9-7-16)28-23(31)21(12-15-3-1-4-18(11-15)29(32)33)35-24(28)20(13-26)22(30)27-14-19-5-2-10-34-19/h1-11,21H,12,14H2,(H,27,30)/b24-20-/t21-/m1/s1. The number of anilines is 1. The van der Waals surface area contributed by atoms with Crippen molar-refractivity contribution in [1.82, 2.24) is 5.32 Å². The molecule has 1 saturated heterocycles. The average Bonchev–Trinajstić information content (AvgIpc) is 3.48. The topological polar surface area (TPSA) is 129 Å². The predicted molar refractivity (Wildman–Crippen MR) is 125 cm³/mol. The van der Waals surface area contributed by atoms with Crippen molar-refractivity contribution in [2.45, 2.75) is 18.2 Å². The number of nitrogens with one attached hydrogen (secondary N) is 1. The molecule has 9 nitrogen and oxygen atoms in total. The predicted octanol–water partition coefficient (Wildman–Crippen LogP) is 4.07. The minimum atomic E-state index is -0.765. The quantitative estimate of drug-likeness (QED) is 0.228. The van der Waals surface area contributed by atoms with Crippen molar-refractivity contribution in [3.63, 3.8) is 0 Å². The monoisotopic (exact) mass is 492 g/mol. The first-order valence-corrected chi connectivity index (χ1v) is 11.2. The van der Waals surface area contributed by atoms with Crippen LogP contribution in [0.4, 0.5) is 15.8 Å². The van der Waals surface area contributed by atoms with Crippen molar-refractivity contribution in [1.29, 1.82) is 5.26 Å². The molecule has 1 N–H and O–H groups in total. The lowest BCUT2D eigenvalue weighted by Gasteiger charge is -2.18. The molecule has 0 saturated carbocycles. The van der Waals surface area contributed by atoms with Crippen molar-refractivity contribution in [3.05, 3.63) is 105 Å². The van der Waals surface area contributed by atoms with Crippen molar-refractivity contribution in [3.8, 4) is 6.07 Å². The van der Waals surface area contributed by atoms with Crippen LogP contribution in [0.3, 0.4) is 0 Å². The molecule has 1 atom stereocenters. The Morgan fingerprint density at radius 1 is 1.23 bits per heavy atom. The molecule has 11 heteroatoms. The summed E-state index contributed by atoms with van der Waals surface area (Å²) in [5.41, 5.74) is 0.429. The Morgan fingerprint density at radius 2 is 2.00 bits per heavy atom. The third kappa shape index (κ3) is 5.23. The van der Waals surface area contributed by atoms with Gasteiger partial charge in [0, 0.05) is 17.8 Å². The number of nitro benzene ring substituents is 1. The number of nitro groups is 1. The van der Waals surface area contributed by atoms with Crippen LogP contribution in [0.5, 0.6) is 0 Å². The molecule has 1 aliphatic rings. The summed E-state index contributed by atoms with van der Waals surface area (Å²) < 4.78 is 18.7. The lowest BCUT2D eigenvalue weighted by molar-refractivity contribution is -0.384. The lowest BCUT2D eigenvalue weighted by Crippen LogP contribution is -2.32. The van der Waals surface area contributed by atoms with Gasteiger partial charge in [-0.15, -0.1) is 0 Å². The number of nitrogens with zero attached hydrogens (tertiary/aromatic N) is 3. The third-order valence-electron chi connectivity index (χ3n) is 5.14. The maximum atomic E-state index is 13.5. The molecule has 4 rings (SSSR count). The highest BCUT2D eigenvalue weighted by molar-refractivity contribution is 8.05. The number of hydrogen-bond donors (Lipinski definition) is 1. The first-order valence-electron chi connectivity index (χ1n) is 10.3. The number of benzene rings is 2. The summed E-state index contributed by atoms with van der Waals surface area (Å²) in [4.78, 5) is 38.1. The van der Waals surface area contributed by atoms with Gasteiger partial charge in [0.15, 0.2) is 0 Å². The van der Waals surface area contributed by atoms with Crippen LogP contribution < -0.4 is 10.2 Å². The molecular formula is C24H17FN4O5S. The molecule has 3 aromatic rings. The van der Waals surface area contributed by atoms with E-state index in [4.69, 9.17) is 4.42 Å².